The molecule has 36 heavy (non-hydrogen) atoms. The summed E-state index contributed by atoms with van der Waals surface area (Å²) >= 11 is 3.35. The highest BCUT2D eigenvalue weighted by Gasteiger charge is 2.25. The third-order valence-corrected chi connectivity index (χ3v) is 8.23. The number of benzene rings is 2. The second-order valence-electron chi connectivity index (χ2n) is 11.7. The highest BCUT2D eigenvalue weighted by atomic mass is 32.2. The van der Waals surface area contributed by atoms with Crippen molar-refractivity contribution >= 4 is 36.0 Å². The molecule has 0 spiro atoms. The quantitative estimate of drug-likeness (QED) is 0.296. The fourth-order valence-electron chi connectivity index (χ4n) is 4.63. The molecule has 196 valence electrons. The summed E-state index contributed by atoms with van der Waals surface area (Å²) in [7, 11) is 0. The van der Waals surface area contributed by atoms with E-state index in [1.54, 1.807) is 23.5 Å². The average molecular weight is 527 g/mol. The van der Waals surface area contributed by atoms with Crippen LogP contribution in [0.1, 0.15) is 89.5 Å². The molecule has 1 aliphatic carbocycles. The number of rotatable bonds is 6. The third-order valence-electron chi connectivity index (χ3n) is 6.82. The van der Waals surface area contributed by atoms with E-state index in [0.717, 1.165) is 57.7 Å². The largest absolute Gasteiger partial charge is 0.507 e. The number of phenolic OH excluding ortho intramolecular Hbond substituents is 2. The number of nitrogens with zero attached hydrogens (tertiary/aromatic N) is 2. The minimum atomic E-state index is -0.157. The zero-order chi connectivity index (χ0) is 26.7. The molecule has 2 N–H and O–H groups in total. The molecule has 0 heterocycles. The SMILES string of the molecule is CSc1cc(C=N[C@H]2CCCC[C@@H]2N=Cc2cc(SC)cc(C(C)(C)C)c2O)c(O)c(C(C)(C)C)c1. The van der Waals surface area contributed by atoms with Crippen LogP contribution in [0.5, 0.6) is 11.5 Å². The van der Waals surface area contributed by atoms with E-state index >= 15 is 0 Å². The lowest BCUT2D eigenvalue weighted by atomic mass is 9.85. The van der Waals surface area contributed by atoms with Gasteiger partial charge in [0.2, 0.25) is 0 Å². The van der Waals surface area contributed by atoms with Crippen LogP contribution in [0, 0.1) is 0 Å². The molecule has 0 bridgehead atoms. The summed E-state index contributed by atoms with van der Waals surface area (Å²) < 4.78 is 0. The Morgan fingerprint density at radius 1 is 0.694 bits per heavy atom. The van der Waals surface area contributed by atoms with Crippen molar-refractivity contribution in [1.29, 1.82) is 0 Å². The van der Waals surface area contributed by atoms with E-state index in [0.29, 0.717) is 11.5 Å². The first-order chi connectivity index (χ1) is 16.8. The predicted octanol–water partition coefficient (Wildman–Crippen LogP) is 7.99. The third kappa shape index (κ3) is 6.89. The molecule has 1 aliphatic rings. The molecule has 4 nitrogen and oxygen atoms in total. The topological polar surface area (TPSA) is 65.2 Å². The second kappa shape index (κ2) is 11.6. The van der Waals surface area contributed by atoms with E-state index in [-0.39, 0.29) is 22.9 Å². The number of thioether (sulfide) groups is 2. The second-order valence-corrected chi connectivity index (χ2v) is 13.5. The lowest BCUT2D eigenvalue weighted by Gasteiger charge is -2.26. The minimum Gasteiger partial charge on any atom is -0.507 e. The molecular weight excluding hydrogens is 484 g/mol. The van der Waals surface area contributed by atoms with Crippen LogP contribution in [0.25, 0.3) is 0 Å². The maximum absolute atomic E-state index is 11.0. The highest BCUT2D eigenvalue weighted by Crippen LogP contribution is 2.37. The molecule has 0 aromatic heterocycles. The Hall–Kier alpha value is -1.92. The lowest BCUT2D eigenvalue weighted by molar-refractivity contribution is 0.390. The van der Waals surface area contributed by atoms with E-state index in [1.165, 1.54) is 0 Å². The summed E-state index contributed by atoms with van der Waals surface area (Å²) in [6, 6.07) is 8.29. The van der Waals surface area contributed by atoms with Gasteiger partial charge in [0.05, 0.1) is 12.1 Å². The molecular formula is C30H42N2O2S2. The van der Waals surface area contributed by atoms with Gasteiger partial charge in [0.1, 0.15) is 11.5 Å². The standard InChI is InChI=1S/C30H42N2O2S2/c1-29(2,3)23-15-21(35-7)13-19(27(23)33)17-31-25-11-9-10-12-26(25)32-18-20-14-22(36-8)16-24(28(20)34)30(4,5)6/h13-18,25-26,33-34H,9-12H2,1-8H3/t25-,26-/m0/s1. The smallest absolute Gasteiger partial charge is 0.128 e. The van der Waals surface area contributed by atoms with Gasteiger partial charge in [-0.2, -0.15) is 0 Å². The van der Waals surface area contributed by atoms with Crippen molar-refractivity contribution < 1.29 is 10.2 Å². The fraction of sp³-hybridized carbons (Fsp3) is 0.533. The molecule has 2 atom stereocenters. The number of hydrogen-bond donors (Lipinski definition) is 2. The molecule has 1 fully saturated rings. The lowest BCUT2D eigenvalue weighted by Crippen LogP contribution is -2.27. The molecule has 2 aromatic rings. The zero-order valence-corrected chi connectivity index (χ0v) is 24.7. The fourth-order valence-corrected chi connectivity index (χ4v) is 5.59. The summed E-state index contributed by atoms with van der Waals surface area (Å²) in [6.07, 6.45) is 12.0. The highest BCUT2D eigenvalue weighted by molar-refractivity contribution is 7.98. The maximum atomic E-state index is 11.0. The predicted molar refractivity (Wildman–Crippen MR) is 158 cm³/mol. The monoisotopic (exact) mass is 526 g/mol. The van der Waals surface area contributed by atoms with E-state index in [9.17, 15) is 10.2 Å². The Morgan fingerprint density at radius 2 is 1.06 bits per heavy atom. The van der Waals surface area contributed by atoms with Gasteiger partial charge in [-0.1, -0.05) is 54.4 Å². The molecule has 3 rings (SSSR count). The minimum absolute atomic E-state index is 0.0541. The normalized spacial score (nSPS) is 19.4. The van der Waals surface area contributed by atoms with Crippen molar-refractivity contribution in [3.8, 4) is 11.5 Å². The van der Waals surface area contributed by atoms with Crippen LogP contribution in [-0.4, -0.2) is 47.2 Å². The molecule has 0 amide bonds. The maximum Gasteiger partial charge on any atom is 0.128 e. The van der Waals surface area contributed by atoms with Gasteiger partial charge in [-0.3, -0.25) is 9.98 Å². The van der Waals surface area contributed by atoms with Gasteiger partial charge < -0.3 is 10.2 Å². The van der Waals surface area contributed by atoms with Crippen LogP contribution in [0.4, 0.5) is 0 Å². The Balaban J connectivity index is 1.92. The van der Waals surface area contributed by atoms with Crippen LogP contribution < -0.4 is 0 Å². The molecule has 1 saturated carbocycles. The zero-order valence-electron chi connectivity index (χ0n) is 23.1. The van der Waals surface area contributed by atoms with Gasteiger partial charge in [0, 0.05) is 44.5 Å². The van der Waals surface area contributed by atoms with Crippen molar-refractivity contribution in [1.82, 2.24) is 0 Å². The Kier molecular flexibility index (Phi) is 9.26. The van der Waals surface area contributed by atoms with Crippen LogP contribution >= 0.6 is 23.5 Å². The van der Waals surface area contributed by atoms with E-state index in [4.69, 9.17) is 9.98 Å². The van der Waals surface area contributed by atoms with Gasteiger partial charge >= 0.3 is 0 Å². The van der Waals surface area contributed by atoms with E-state index in [1.807, 2.05) is 24.6 Å². The van der Waals surface area contributed by atoms with Crippen LogP contribution in [0.2, 0.25) is 0 Å². The van der Waals surface area contributed by atoms with Crippen LogP contribution in [0.15, 0.2) is 44.0 Å². The summed E-state index contributed by atoms with van der Waals surface area (Å²) in [4.78, 5) is 12.1. The van der Waals surface area contributed by atoms with Gasteiger partial charge in [0.15, 0.2) is 0 Å². The first kappa shape index (κ1) is 28.6. The number of aromatic hydroxyl groups is 2. The molecule has 0 radical (unpaired) electrons. The molecule has 2 aromatic carbocycles. The van der Waals surface area contributed by atoms with Crippen molar-refractivity contribution in [3.05, 3.63) is 46.5 Å². The molecule has 0 aliphatic heterocycles. The Bertz CT molecular complexity index is 1040. The number of hydrogen-bond acceptors (Lipinski definition) is 6. The first-order valence-electron chi connectivity index (χ1n) is 12.7. The summed E-state index contributed by atoms with van der Waals surface area (Å²) in [5.74, 6) is 0.627. The van der Waals surface area contributed by atoms with Crippen LogP contribution in [-0.2, 0) is 10.8 Å². The van der Waals surface area contributed by atoms with Crippen LogP contribution in [0.3, 0.4) is 0 Å². The summed E-state index contributed by atoms with van der Waals surface area (Å²) in [5, 5.41) is 22.0. The molecule has 0 unspecified atom stereocenters. The van der Waals surface area contributed by atoms with E-state index in [2.05, 4.69) is 66.2 Å². The average Bonchev–Trinajstić information content (AvgIpc) is 2.81. The van der Waals surface area contributed by atoms with Gasteiger partial charge in [-0.25, -0.2) is 0 Å². The Labute approximate surface area is 226 Å². The number of phenols is 2. The van der Waals surface area contributed by atoms with E-state index < -0.39 is 0 Å². The van der Waals surface area contributed by atoms with Crippen molar-refractivity contribution in [2.24, 2.45) is 9.98 Å². The first-order valence-corrected chi connectivity index (χ1v) is 15.2. The number of aliphatic imine (C=N–C) groups is 2. The van der Waals surface area contributed by atoms with Gasteiger partial charge in [-0.15, -0.1) is 23.5 Å². The van der Waals surface area contributed by atoms with Gasteiger partial charge in [-0.05, 0) is 60.4 Å². The Morgan fingerprint density at radius 3 is 1.36 bits per heavy atom. The van der Waals surface area contributed by atoms with Crippen molar-refractivity contribution in [2.45, 2.75) is 99.9 Å². The van der Waals surface area contributed by atoms with Crippen molar-refractivity contribution in [2.75, 3.05) is 12.5 Å². The van der Waals surface area contributed by atoms with Crippen molar-refractivity contribution in [3.63, 3.8) is 0 Å². The summed E-state index contributed by atoms with van der Waals surface area (Å²) in [6.45, 7) is 12.7. The molecule has 0 saturated heterocycles. The van der Waals surface area contributed by atoms with Gasteiger partial charge in [0.25, 0.3) is 0 Å². The molecule has 6 heteroatoms. The summed E-state index contributed by atoms with van der Waals surface area (Å²) in [5.41, 5.74) is 3.09.